The van der Waals surface area contributed by atoms with Crippen LogP contribution in [-0.2, 0) is 11.3 Å². The topological polar surface area (TPSA) is 82.5 Å². The summed E-state index contributed by atoms with van der Waals surface area (Å²) in [6.45, 7) is -0.0558. The molecule has 0 unspecified atom stereocenters. The Kier molecular flexibility index (Phi) is 4.44. The van der Waals surface area contributed by atoms with Gasteiger partial charge in [0.05, 0.1) is 11.7 Å². The maximum absolute atomic E-state index is 13.2. The van der Waals surface area contributed by atoms with Gasteiger partial charge in [-0.1, -0.05) is 12.1 Å². The molecular formula is C21H14FN3O4S. The maximum atomic E-state index is 13.2. The smallest absolute Gasteiger partial charge is 0.263 e. The Morgan fingerprint density at radius 2 is 1.97 bits per heavy atom. The molecular weight excluding hydrogens is 409 g/mol. The summed E-state index contributed by atoms with van der Waals surface area (Å²) < 4.78 is 25.0. The fourth-order valence-electron chi connectivity index (χ4n) is 3.25. The minimum atomic E-state index is -0.379. The van der Waals surface area contributed by atoms with Gasteiger partial charge in [0, 0.05) is 22.7 Å². The number of nitrogens with zero attached hydrogens (tertiary/aromatic N) is 2. The number of carbonyl (C=O) groups is 1. The van der Waals surface area contributed by atoms with E-state index in [0.29, 0.717) is 38.5 Å². The first-order chi connectivity index (χ1) is 14.6. The standard InChI is InChI=1S/C21H14FN3O4S/c22-13-3-1-12(2-4-13)15-9-30-20-19(15)21(27)25(10-23-20)8-18(26)24-14-5-6-16-17(7-14)29-11-28-16/h1-7,9-10H,8,11H2,(H,24,26). The summed E-state index contributed by atoms with van der Waals surface area (Å²) in [4.78, 5) is 30.4. The largest absolute Gasteiger partial charge is 0.454 e. The van der Waals surface area contributed by atoms with Gasteiger partial charge in [0.1, 0.15) is 17.2 Å². The number of benzene rings is 2. The van der Waals surface area contributed by atoms with Gasteiger partial charge < -0.3 is 14.8 Å². The van der Waals surface area contributed by atoms with E-state index in [0.717, 1.165) is 0 Å². The van der Waals surface area contributed by atoms with Gasteiger partial charge in [-0.05, 0) is 29.8 Å². The molecule has 0 spiro atoms. The summed E-state index contributed by atoms with van der Waals surface area (Å²) in [5.74, 6) is 0.435. The van der Waals surface area contributed by atoms with E-state index >= 15 is 0 Å². The molecule has 0 bridgehead atoms. The van der Waals surface area contributed by atoms with Crippen molar-refractivity contribution in [2.24, 2.45) is 0 Å². The van der Waals surface area contributed by atoms with Crippen LogP contribution in [0.4, 0.5) is 10.1 Å². The van der Waals surface area contributed by atoms with Crippen molar-refractivity contribution in [3.63, 3.8) is 0 Å². The molecule has 4 aromatic rings. The van der Waals surface area contributed by atoms with Gasteiger partial charge in [0.25, 0.3) is 5.56 Å². The summed E-state index contributed by atoms with van der Waals surface area (Å²) in [5.41, 5.74) is 1.58. The van der Waals surface area contributed by atoms with Gasteiger partial charge in [-0.2, -0.15) is 0 Å². The van der Waals surface area contributed by atoms with Crippen molar-refractivity contribution in [2.75, 3.05) is 12.1 Å². The van der Waals surface area contributed by atoms with E-state index in [-0.39, 0.29) is 30.6 Å². The van der Waals surface area contributed by atoms with Crippen LogP contribution < -0.4 is 20.3 Å². The van der Waals surface area contributed by atoms with Crippen molar-refractivity contribution in [1.29, 1.82) is 0 Å². The Hall–Kier alpha value is -3.72. The first kappa shape index (κ1) is 18.3. The number of anilines is 1. The Morgan fingerprint density at radius 3 is 2.80 bits per heavy atom. The first-order valence-electron chi connectivity index (χ1n) is 9.00. The first-order valence-corrected chi connectivity index (χ1v) is 9.88. The summed E-state index contributed by atoms with van der Waals surface area (Å²) >= 11 is 1.32. The summed E-state index contributed by atoms with van der Waals surface area (Å²) in [6.07, 6.45) is 1.36. The molecule has 3 heterocycles. The SMILES string of the molecule is O=C(Cn1cnc2scc(-c3ccc(F)cc3)c2c1=O)Nc1ccc2c(c1)OCO2. The van der Waals surface area contributed by atoms with Crippen molar-refractivity contribution in [1.82, 2.24) is 9.55 Å². The predicted molar refractivity (Wildman–Crippen MR) is 110 cm³/mol. The second-order valence-corrected chi connectivity index (χ2v) is 7.49. The zero-order chi connectivity index (χ0) is 20.7. The van der Waals surface area contributed by atoms with Crippen molar-refractivity contribution >= 4 is 33.1 Å². The lowest BCUT2D eigenvalue weighted by atomic mass is 10.1. The van der Waals surface area contributed by atoms with Crippen molar-refractivity contribution in [3.8, 4) is 22.6 Å². The number of halogens is 1. The molecule has 0 saturated heterocycles. The number of hydrogen-bond donors (Lipinski definition) is 1. The number of fused-ring (bicyclic) bond motifs is 2. The molecule has 1 aliphatic heterocycles. The molecule has 0 atom stereocenters. The van der Waals surface area contributed by atoms with Crippen LogP contribution in [0.1, 0.15) is 0 Å². The quantitative estimate of drug-likeness (QED) is 0.542. The molecule has 150 valence electrons. The third kappa shape index (κ3) is 3.29. The number of hydrogen-bond acceptors (Lipinski definition) is 6. The number of thiophene rings is 1. The van der Waals surface area contributed by atoms with Crippen molar-refractivity contribution < 1.29 is 18.7 Å². The Bertz CT molecular complexity index is 1330. The second-order valence-electron chi connectivity index (χ2n) is 6.63. The summed E-state index contributed by atoms with van der Waals surface area (Å²) in [5, 5.41) is 4.96. The molecule has 1 amide bonds. The molecule has 2 aromatic carbocycles. The van der Waals surface area contributed by atoms with Gasteiger partial charge in [0.2, 0.25) is 12.7 Å². The highest BCUT2D eigenvalue weighted by atomic mass is 32.1. The fraction of sp³-hybridized carbons (Fsp3) is 0.0952. The minimum Gasteiger partial charge on any atom is -0.454 e. The third-order valence-electron chi connectivity index (χ3n) is 4.69. The number of ether oxygens (including phenoxy) is 2. The highest BCUT2D eigenvalue weighted by molar-refractivity contribution is 7.17. The maximum Gasteiger partial charge on any atom is 0.263 e. The average Bonchev–Trinajstić information content (AvgIpc) is 3.37. The molecule has 7 nitrogen and oxygen atoms in total. The fourth-order valence-corrected chi connectivity index (χ4v) is 4.16. The van der Waals surface area contributed by atoms with Crippen LogP contribution in [0.5, 0.6) is 11.5 Å². The van der Waals surface area contributed by atoms with Crippen LogP contribution in [0.3, 0.4) is 0 Å². The van der Waals surface area contributed by atoms with Crippen LogP contribution in [0, 0.1) is 5.82 Å². The highest BCUT2D eigenvalue weighted by Gasteiger charge is 2.17. The van der Waals surface area contributed by atoms with E-state index in [9.17, 15) is 14.0 Å². The molecule has 1 N–H and O–H groups in total. The summed E-state index contributed by atoms with van der Waals surface area (Å²) in [6, 6.07) is 11.0. The number of nitrogens with one attached hydrogen (secondary N) is 1. The Balaban J connectivity index is 1.42. The second kappa shape index (κ2) is 7.27. The molecule has 0 radical (unpaired) electrons. The lowest BCUT2D eigenvalue weighted by Gasteiger charge is -2.08. The highest BCUT2D eigenvalue weighted by Crippen LogP contribution is 2.34. The van der Waals surface area contributed by atoms with Gasteiger partial charge in [-0.3, -0.25) is 14.2 Å². The molecule has 0 saturated carbocycles. The number of aromatic nitrogens is 2. The van der Waals surface area contributed by atoms with E-state index in [4.69, 9.17) is 9.47 Å². The number of carbonyl (C=O) groups excluding carboxylic acids is 1. The minimum absolute atomic E-state index is 0.144. The molecule has 0 fully saturated rings. The van der Waals surface area contributed by atoms with Crippen LogP contribution in [0.25, 0.3) is 21.3 Å². The zero-order valence-electron chi connectivity index (χ0n) is 15.4. The van der Waals surface area contributed by atoms with E-state index in [1.165, 1.54) is 34.4 Å². The van der Waals surface area contributed by atoms with Crippen molar-refractivity contribution in [3.05, 3.63) is 70.3 Å². The van der Waals surface area contributed by atoms with Gasteiger partial charge >= 0.3 is 0 Å². The Labute approximate surface area is 173 Å². The van der Waals surface area contributed by atoms with Crippen LogP contribution in [0.2, 0.25) is 0 Å². The van der Waals surface area contributed by atoms with Gasteiger partial charge in [-0.25, -0.2) is 9.37 Å². The predicted octanol–water partition coefficient (Wildman–Crippen LogP) is 3.63. The van der Waals surface area contributed by atoms with Crippen LogP contribution in [0.15, 0.2) is 59.0 Å². The van der Waals surface area contributed by atoms with Gasteiger partial charge in [0.15, 0.2) is 11.5 Å². The van der Waals surface area contributed by atoms with Gasteiger partial charge in [-0.15, -0.1) is 11.3 Å². The molecule has 0 aliphatic carbocycles. The normalized spacial score (nSPS) is 12.3. The van der Waals surface area contributed by atoms with Crippen molar-refractivity contribution in [2.45, 2.75) is 6.54 Å². The van der Waals surface area contributed by atoms with E-state index < -0.39 is 0 Å². The van der Waals surface area contributed by atoms with E-state index in [1.54, 1.807) is 30.3 Å². The molecule has 2 aromatic heterocycles. The number of rotatable bonds is 4. The van der Waals surface area contributed by atoms with Crippen LogP contribution >= 0.6 is 11.3 Å². The lowest BCUT2D eigenvalue weighted by Crippen LogP contribution is -2.27. The molecule has 30 heavy (non-hydrogen) atoms. The van der Waals surface area contributed by atoms with E-state index in [2.05, 4.69) is 10.3 Å². The molecule has 5 rings (SSSR count). The lowest BCUT2D eigenvalue weighted by molar-refractivity contribution is -0.116. The van der Waals surface area contributed by atoms with E-state index in [1.807, 2.05) is 5.38 Å². The van der Waals surface area contributed by atoms with Crippen LogP contribution in [-0.4, -0.2) is 22.3 Å². The monoisotopic (exact) mass is 423 g/mol. The Morgan fingerprint density at radius 1 is 1.17 bits per heavy atom. The molecule has 9 heteroatoms. The average molecular weight is 423 g/mol. The summed E-state index contributed by atoms with van der Waals surface area (Å²) in [7, 11) is 0. The zero-order valence-corrected chi connectivity index (χ0v) is 16.2. The number of amides is 1. The third-order valence-corrected chi connectivity index (χ3v) is 5.57. The molecule has 1 aliphatic rings.